The summed E-state index contributed by atoms with van der Waals surface area (Å²) in [4.78, 5) is 26.2. The molecular weight excluding hydrogens is 546 g/mol. The van der Waals surface area contributed by atoms with E-state index in [-0.39, 0.29) is 61.2 Å². The first-order chi connectivity index (χ1) is 16.9. The molecule has 0 aromatic heterocycles. The first kappa shape index (κ1) is 26.6. The highest BCUT2D eigenvalue weighted by Crippen LogP contribution is 2.52. The molecular formula is C26H22Cl4N2O4. The van der Waals surface area contributed by atoms with Gasteiger partial charge in [0, 0.05) is 46.3 Å². The van der Waals surface area contributed by atoms with Crippen molar-refractivity contribution in [2.45, 2.75) is 27.7 Å². The molecule has 0 atom stereocenters. The van der Waals surface area contributed by atoms with Gasteiger partial charge in [0.1, 0.15) is 17.1 Å². The van der Waals surface area contributed by atoms with Crippen LogP contribution >= 0.6 is 46.4 Å². The molecule has 2 aliphatic rings. The van der Waals surface area contributed by atoms with Crippen LogP contribution in [0.3, 0.4) is 0 Å². The number of nitrogens with one attached hydrogen (secondary N) is 1. The van der Waals surface area contributed by atoms with E-state index in [1.165, 1.54) is 0 Å². The van der Waals surface area contributed by atoms with Crippen LogP contribution in [0, 0.1) is 27.7 Å². The fourth-order valence-corrected chi connectivity index (χ4v) is 5.44. The number of fused-ring (bicyclic) bond motifs is 2. The van der Waals surface area contributed by atoms with Crippen molar-refractivity contribution in [2.24, 2.45) is 5.73 Å². The fraction of sp³-hybridized carbons (Fsp3) is 0.231. The van der Waals surface area contributed by atoms with Gasteiger partial charge >= 0.3 is 0 Å². The quantitative estimate of drug-likeness (QED) is 0.143. The Bertz CT molecular complexity index is 1610. The molecule has 188 valence electrons. The maximum Gasteiger partial charge on any atom is 0.253 e. The molecule has 0 spiro atoms. The first-order valence-corrected chi connectivity index (χ1v) is 12.5. The number of aryl methyl sites for hydroxylation is 3. The van der Waals surface area contributed by atoms with Crippen molar-refractivity contribution in [3.05, 3.63) is 70.3 Å². The third-order valence-electron chi connectivity index (χ3n) is 6.24. The average Bonchev–Trinajstić information content (AvgIpc) is 2.85. The van der Waals surface area contributed by atoms with Crippen LogP contribution in [-0.4, -0.2) is 24.1 Å². The molecule has 2 aromatic rings. The molecule has 36 heavy (non-hydrogen) atoms. The highest BCUT2D eigenvalue weighted by molar-refractivity contribution is 6.54. The van der Waals surface area contributed by atoms with Gasteiger partial charge in [0.25, 0.3) is 5.91 Å². The van der Waals surface area contributed by atoms with Crippen LogP contribution in [0.25, 0.3) is 33.4 Å². The minimum absolute atomic E-state index is 0.00246. The Hall–Kier alpha value is -2.48. The molecule has 4 rings (SSSR count). The van der Waals surface area contributed by atoms with Crippen LogP contribution in [0.1, 0.15) is 32.6 Å². The molecule has 0 saturated carbocycles. The van der Waals surface area contributed by atoms with E-state index >= 15 is 0 Å². The molecule has 4 N–H and O–H groups in total. The zero-order valence-electron chi connectivity index (χ0n) is 19.8. The lowest BCUT2D eigenvalue weighted by atomic mass is 9.87. The summed E-state index contributed by atoms with van der Waals surface area (Å²) in [5.41, 5.74) is 8.78. The number of benzene rings is 3. The molecule has 1 amide bonds. The van der Waals surface area contributed by atoms with Gasteiger partial charge in [0.15, 0.2) is 5.43 Å². The molecule has 2 aromatic carbocycles. The summed E-state index contributed by atoms with van der Waals surface area (Å²) in [6.45, 7) is 7.16. The lowest BCUT2D eigenvalue weighted by Gasteiger charge is -2.23. The lowest BCUT2D eigenvalue weighted by Crippen LogP contribution is -2.29. The third-order valence-corrected chi connectivity index (χ3v) is 8.04. The summed E-state index contributed by atoms with van der Waals surface area (Å²) < 4.78 is 6.22. The molecule has 0 unspecified atom stereocenters. The monoisotopic (exact) mass is 566 g/mol. The number of nitrogens with two attached hydrogens (primary N) is 1. The van der Waals surface area contributed by atoms with Crippen LogP contribution in [0.15, 0.2) is 21.3 Å². The van der Waals surface area contributed by atoms with Gasteiger partial charge in [0.2, 0.25) is 0 Å². The lowest BCUT2D eigenvalue weighted by molar-refractivity contribution is 0.0955. The maximum atomic E-state index is 13.4. The number of carbonyl (C=O) groups excluding carboxylic acids is 1. The molecule has 6 nitrogen and oxygen atoms in total. The summed E-state index contributed by atoms with van der Waals surface area (Å²) >= 11 is 26.2. The summed E-state index contributed by atoms with van der Waals surface area (Å²) in [5.74, 6) is -0.224. The third kappa shape index (κ3) is 4.01. The summed E-state index contributed by atoms with van der Waals surface area (Å²) in [7, 11) is 0. The van der Waals surface area contributed by atoms with Crippen molar-refractivity contribution >= 4 is 63.3 Å². The van der Waals surface area contributed by atoms with Crippen LogP contribution in [0.2, 0.25) is 20.1 Å². The largest absolute Gasteiger partial charge is 0.507 e. The molecule has 1 heterocycles. The molecule has 0 bridgehead atoms. The number of rotatable bonds is 4. The number of aromatic hydroxyl groups is 1. The van der Waals surface area contributed by atoms with Crippen molar-refractivity contribution in [1.29, 1.82) is 0 Å². The Labute approximate surface area is 227 Å². The minimum Gasteiger partial charge on any atom is -0.507 e. The molecule has 0 saturated heterocycles. The Morgan fingerprint density at radius 2 is 1.58 bits per heavy atom. The fourth-order valence-electron chi connectivity index (χ4n) is 4.41. The highest BCUT2D eigenvalue weighted by Gasteiger charge is 2.31. The van der Waals surface area contributed by atoms with Gasteiger partial charge in [-0.1, -0.05) is 46.4 Å². The highest BCUT2D eigenvalue weighted by atomic mass is 35.5. The van der Waals surface area contributed by atoms with E-state index < -0.39 is 5.91 Å². The smallest absolute Gasteiger partial charge is 0.253 e. The number of phenolic OH excluding ortho intramolecular Hbond substituents is 1. The van der Waals surface area contributed by atoms with Crippen molar-refractivity contribution in [3.8, 4) is 28.2 Å². The van der Waals surface area contributed by atoms with E-state index in [4.69, 9.17) is 56.6 Å². The number of halogens is 4. The second-order valence-corrected chi connectivity index (χ2v) is 10.1. The normalized spacial score (nSPS) is 11.5. The molecule has 10 heteroatoms. The van der Waals surface area contributed by atoms with Crippen molar-refractivity contribution in [3.63, 3.8) is 0 Å². The SMILES string of the molecule is Cc1cc2c(-c3c(Cl)c(Cl)c(Cl)c(Cl)c3C(=O)NCCN)c3cc(C)c(=O)c(C)c-3oc2c(C)c1O. The number of hydrogen-bond acceptors (Lipinski definition) is 5. The van der Waals surface area contributed by atoms with Crippen LogP contribution in [0.4, 0.5) is 0 Å². The zero-order valence-corrected chi connectivity index (χ0v) is 22.9. The summed E-state index contributed by atoms with van der Waals surface area (Å²) in [5, 5.41) is 13.7. The predicted octanol–water partition coefficient (Wildman–Crippen LogP) is 6.81. The van der Waals surface area contributed by atoms with Gasteiger partial charge in [-0.15, -0.1) is 0 Å². The number of phenols is 1. The van der Waals surface area contributed by atoms with Gasteiger partial charge in [-0.3, -0.25) is 9.59 Å². The van der Waals surface area contributed by atoms with Crippen molar-refractivity contribution < 1.29 is 14.3 Å². The van der Waals surface area contributed by atoms with Crippen molar-refractivity contribution in [1.82, 2.24) is 5.32 Å². The Morgan fingerprint density at radius 1 is 0.944 bits per heavy atom. The number of carbonyl (C=O) groups is 1. The number of hydrogen-bond donors (Lipinski definition) is 3. The van der Waals surface area contributed by atoms with Gasteiger partial charge in [0.05, 0.1) is 25.7 Å². The van der Waals surface area contributed by atoms with Crippen LogP contribution < -0.4 is 16.5 Å². The Balaban J connectivity index is 2.34. The van der Waals surface area contributed by atoms with E-state index in [1.54, 1.807) is 39.8 Å². The maximum absolute atomic E-state index is 13.4. The molecule has 1 aliphatic heterocycles. The average molecular weight is 568 g/mol. The standard InChI is InChI=1S/C26H22Cl4N2O4/c1-9-7-13-15(16-17(26(35)32-6-5-31)19(28)21(30)20(29)18(16)27)14-8-10(2)23(34)12(4)25(14)36-24(13)11(3)22(9)33/h7-8,33H,5-6,31H2,1-4H3,(H,32,35). The van der Waals surface area contributed by atoms with E-state index in [1.807, 2.05) is 0 Å². The molecule has 0 radical (unpaired) electrons. The summed E-state index contributed by atoms with van der Waals surface area (Å²) in [6.07, 6.45) is 0. The second kappa shape index (κ2) is 9.77. The van der Waals surface area contributed by atoms with E-state index in [2.05, 4.69) is 5.32 Å². The van der Waals surface area contributed by atoms with E-state index in [9.17, 15) is 14.7 Å². The Kier molecular flexibility index (Phi) is 7.21. The van der Waals surface area contributed by atoms with Crippen LogP contribution in [-0.2, 0) is 0 Å². The Morgan fingerprint density at radius 3 is 2.22 bits per heavy atom. The molecule has 1 aliphatic carbocycles. The summed E-state index contributed by atoms with van der Waals surface area (Å²) in [6, 6.07) is 3.40. The van der Waals surface area contributed by atoms with Gasteiger partial charge in [-0.2, -0.15) is 0 Å². The van der Waals surface area contributed by atoms with Crippen molar-refractivity contribution in [2.75, 3.05) is 13.1 Å². The minimum atomic E-state index is -0.552. The van der Waals surface area contributed by atoms with Gasteiger partial charge < -0.3 is 20.6 Å². The second-order valence-electron chi connectivity index (χ2n) is 8.60. The van der Waals surface area contributed by atoms with Gasteiger partial charge in [-0.05, 0) is 51.0 Å². The molecule has 0 fully saturated rings. The van der Waals surface area contributed by atoms with Gasteiger partial charge in [-0.25, -0.2) is 0 Å². The predicted molar refractivity (Wildman–Crippen MR) is 147 cm³/mol. The zero-order chi connectivity index (χ0) is 26.6. The topological polar surface area (TPSA) is 106 Å². The number of amides is 1. The van der Waals surface area contributed by atoms with Crippen LogP contribution in [0.5, 0.6) is 5.75 Å². The van der Waals surface area contributed by atoms with E-state index in [0.717, 1.165) is 0 Å². The first-order valence-electron chi connectivity index (χ1n) is 11.0. The van der Waals surface area contributed by atoms with E-state index in [0.29, 0.717) is 44.3 Å².